The number of H-pyrrole nitrogens is 1. The molecule has 3 rings (SSSR count). The van der Waals surface area contributed by atoms with E-state index in [0.717, 1.165) is 25.1 Å². The number of hydrogen-bond acceptors (Lipinski definition) is 6. The molecule has 7 nitrogen and oxygen atoms in total. The molecular formula is C24H38N4O3. The Balaban J connectivity index is 1.46. The van der Waals surface area contributed by atoms with Crippen molar-refractivity contribution in [1.29, 1.82) is 0 Å². The number of ether oxygens (including phenoxy) is 2. The summed E-state index contributed by atoms with van der Waals surface area (Å²) >= 11 is 0. The van der Waals surface area contributed by atoms with Gasteiger partial charge in [0.05, 0.1) is 13.3 Å². The van der Waals surface area contributed by atoms with E-state index < -0.39 is 6.10 Å². The van der Waals surface area contributed by atoms with Crippen LogP contribution in [-0.2, 0) is 13.0 Å². The minimum absolute atomic E-state index is 0.261. The summed E-state index contributed by atoms with van der Waals surface area (Å²) in [5.74, 6) is 1.38. The van der Waals surface area contributed by atoms with Gasteiger partial charge in [0.25, 0.3) is 0 Å². The Labute approximate surface area is 186 Å². The summed E-state index contributed by atoms with van der Waals surface area (Å²) in [6, 6.07) is 6.61. The fourth-order valence-electron chi connectivity index (χ4n) is 4.30. The third-order valence-electron chi connectivity index (χ3n) is 6.15. The molecule has 0 radical (unpaired) electrons. The molecule has 1 heterocycles. The maximum absolute atomic E-state index is 10.5. The number of nitrogens with zero attached hydrogens (tertiary/aromatic N) is 3. The van der Waals surface area contributed by atoms with Crippen LogP contribution < -0.4 is 9.47 Å². The van der Waals surface area contributed by atoms with Crippen molar-refractivity contribution in [2.45, 2.75) is 57.2 Å². The highest BCUT2D eigenvalue weighted by atomic mass is 16.5. The largest absolute Gasteiger partial charge is 0.493 e. The minimum Gasteiger partial charge on any atom is -0.493 e. The molecule has 2 aromatic rings. The summed E-state index contributed by atoms with van der Waals surface area (Å²) in [6.07, 6.45) is 10.6. The SMILES string of the molecule is COc1cc(CN(C)CCc2cn[nH]c2)ccc1OCC(O)CN(C)C1CCCCC1. The van der Waals surface area contributed by atoms with Gasteiger partial charge in [0.15, 0.2) is 11.5 Å². The molecule has 1 aromatic heterocycles. The zero-order valence-corrected chi connectivity index (χ0v) is 19.2. The quantitative estimate of drug-likeness (QED) is 0.539. The molecule has 1 unspecified atom stereocenters. The summed E-state index contributed by atoms with van der Waals surface area (Å²) in [6.45, 7) is 2.66. The number of methoxy groups -OCH3 is 1. The lowest BCUT2D eigenvalue weighted by Crippen LogP contribution is -2.40. The summed E-state index contributed by atoms with van der Waals surface area (Å²) in [4.78, 5) is 4.56. The smallest absolute Gasteiger partial charge is 0.161 e. The van der Waals surface area contributed by atoms with Gasteiger partial charge < -0.3 is 24.4 Å². The first kappa shape index (κ1) is 23.6. The molecule has 1 fully saturated rings. The molecule has 1 aliphatic rings. The zero-order chi connectivity index (χ0) is 22.1. The number of likely N-dealkylation sites (N-methyl/N-ethyl adjacent to an activating group) is 2. The van der Waals surface area contributed by atoms with Crippen LogP contribution in [0.4, 0.5) is 0 Å². The second-order valence-corrected chi connectivity index (χ2v) is 8.78. The van der Waals surface area contributed by atoms with Crippen molar-refractivity contribution in [3.8, 4) is 11.5 Å². The van der Waals surface area contributed by atoms with Crippen LogP contribution in [0.5, 0.6) is 11.5 Å². The van der Waals surface area contributed by atoms with Gasteiger partial charge in [0, 0.05) is 31.9 Å². The number of nitrogens with one attached hydrogen (secondary N) is 1. The Kier molecular flexibility index (Phi) is 9.18. The Morgan fingerprint density at radius 3 is 2.68 bits per heavy atom. The van der Waals surface area contributed by atoms with Crippen LogP contribution in [0, 0.1) is 0 Å². The van der Waals surface area contributed by atoms with E-state index in [9.17, 15) is 5.11 Å². The highest BCUT2D eigenvalue weighted by Gasteiger charge is 2.20. The monoisotopic (exact) mass is 430 g/mol. The predicted octanol–water partition coefficient (Wildman–Crippen LogP) is 3.10. The Morgan fingerprint density at radius 2 is 1.97 bits per heavy atom. The average molecular weight is 431 g/mol. The van der Waals surface area contributed by atoms with E-state index in [1.165, 1.54) is 37.7 Å². The fraction of sp³-hybridized carbons (Fsp3) is 0.625. The van der Waals surface area contributed by atoms with Crippen molar-refractivity contribution in [2.24, 2.45) is 0 Å². The first-order valence-corrected chi connectivity index (χ1v) is 11.4. The number of aliphatic hydroxyl groups is 1. The molecular weight excluding hydrogens is 392 g/mol. The molecule has 0 saturated heterocycles. The van der Waals surface area contributed by atoms with Crippen LogP contribution in [-0.4, -0.2) is 78.2 Å². The predicted molar refractivity (Wildman–Crippen MR) is 123 cm³/mol. The molecule has 172 valence electrons. The van der Waals surface area contributed by atoms with E-state index >= 15 is 0 Å². The molecule has 0 spiro atoms. The molecule has 1 saturated carbocycles. The number of aromatic nitrogens is 2. The van der Waals surface area contributed by atoms with E-state index in [1.807, 2.05) is 24.5 Å². The topological polar surface area (TPSA) is 73.8 Å². The second kappa shape index (κ2) is 12.1. The van der Waals surface area contributed by atoms with E-state index in [0.29, 0.717) is 24.1 Å². The van der Waals surface area contributed by atoms with Crippen LogP contribution in [0.3, 0.4) is 0 Å². The van der Waals surface area contributed by atoms with Gasteiger partial charge in [-0.05, 0) is 56.6 Å². The first-order valence-electron chi connectivity index (χ1n) is 11.4. The molecule has 1 atom stereocenters. The summed E-state index contributed by atoms with van der Waals surface area (Å²) in [5.41, 5.74) is 2.37. The van der Waals surface area contributed by atoms with Gasteiger partial charge in [-0.15, -0.1) is 0 Å². The zero-order valence-electron chi connectivity index (χ0n) is 19.2. The lowest BCUT2D eigenvalue weighted by molar-refractivity contribution is 0.0553. The number of aromatic amines is 1. The van der Waals surface area contributed by atoms with Crippen molar-refractivity contribution in [2.75, 3.05) is 40.9 Å². The van der Waals surface area contributed by atoms with Crippen LogP contribution in [0.15, 0.2) is 30.6 Å². The van der Waals surface area contributed by atoms with Gasteiger partial charge in [-0.3, -0.25) is 5.10 Å². The lowest BCUT2D eigenvalue weighted by atomic mass is 9.94. The molecule has 0 aliphatic heterocycles. The molecule has 7 heteroatoms. The molecule has 1 aliphatic carbocycles. The van der Waals surface area contributed by atoms with Crippen molar-refractivity contribution in [1.82, 2.24) is 20.0 Å². The van der Waals surface area contributed by atoms with Crippen molar-refractivity contribution in [3.05, 3.63) is 41.7 Å². The van der Waals surface area contributed by atoms with Gasteiger partial charge in [-0.25, -0.2) is 0 Å². The van der Waals surface area contributed by atoms with Gasteiger partial charge in [-0.1, -0.05) is 25.3 Å². The summed E-state index contributed by atoms with van der Waals surface area (Å²) in [5, 5.41) is 17.3. The van der Waals surface area contributed by atoms with E-state index in [2.05, 4.69) is 40.2 Å². The number of benzene rings is 1. The third-order valence-corrected chi connectivity index (χ3v) is 6.15. The Bertz CT molecular complexity index is 762. The molecule has 2 N–H and O–H groups in total. The van der Waals surface area contributed by atoms with Gasteiger partial charge in [-0.2, -0.15) is 5.10 Å². The summed E-state index contributed by atoms with van der Waals surface area (Å²) in [7, 11) is 5.87. The number of aliphatic hydroxyl groups excluding tert-OH is 1. The minimum atomic E-state index is -0.523. The fourth-order valence-corrected chi connectivity index (χ4v) is 4.30. The highest BCUT2D eigenvalue weighted by Crippen LogP contribution is 2.29. The number of rotatable bonds is 12. The maximum Gasteiger partial charge on any atom is 0.161 e. The Hall–Kier alpha value is -2.09. The maximum atomic E-state index is 10.5. The first-order chi connectivity index (χ1) is 15.0. The van der Waals surface area contributed by atoms with E-state index in [1.54, 1.807) is 7.11 Å². The van der Waals surface area contributed by atoms with Crippen LogP contribution in [0.2, 0.25) is 0 Å². The standard InChI is InChI=1S/C24H38N4O3/c1-27(12-11-20-14-25-26-15-20)16-19-9-10-23(24(13-19)30-3)31-18-22(29)17-28(2)21-7-5-4-6-8-21/h9-10,13-15,21-22,29H,4-8,11-12,16-18H2,1-3H3,(H,25,26). The normalized spacial score (nSPS) is 16.1. The van der Waals surface area contributed by atoms with Crippen molar-refractivity contribution >= 4 is 0 Å². The van der Waals surface area contributed by atoms with E-state index in [4.69, 9.17) is 9.47 Å². The van der Waals surface area contributed by atoms with Crippen LogP contribution in [0.1, 0.15) is 43.2 Å². The second-order valence-electron chi connectivity index (χ2n) is 8.78. The average Bonchev–Trinajstić information content (AvgIpc) is 3.31. The summed E-state index contributed by atoms with van der Waals surface area (Å²) < 4.78 is 11.5. The third kappa shape index (κ3) is 7.52. The van der Waals surface area contributed by atoms with E-state index in [-0.39, 0.29) is 6.61 Å². The molecule has 31 heavy (non-hydrogen) atoms. The van der Waals surface area contributed by atoms with Gasteiger partial charge in [0.2, 0.25) is 0 Å². The van der Waals surface area contributed by atoms with Crippen LogP contribution >= 0.6 is 0 Å². The highest BCUT2D eigenvalue weighted by molar-refractivity contribution is 5.43. The number of hydrogen-bond donors (Lipinski definition) is 2. The van der Waals surface area contributed by atoms with Gasteiger partial charge in [0.1, 0.15) is 12.7 Å². The molecule has 0 bridgehead atoms. The van der Waals surface area contributed by atoms with Gasteiger partial charge >= 0.3 is 0 Å². The van der Waals surface area contributed by atoms with Crippen molar-refractivity contribution in [3.63, 3.8) is 0 Å². The molecule has 1 aromatic carbocycles. The van der Waals surface area contributed by atoms with Crippen molar-refractivity contribution < 1.29 is 14.6 Å². The van der Waals surface area contributed by atoms with Crippen LogP contribution in [0.25, 0.3) is 0 Å². The Morgan fingerprint density at radius 1 is 1.16 bits per heavy atom. The lowest BCUT2D eigenvalue weighted by Gasteiger charge is -2.32. The molecule has 0 amide bonds.